The number of rotatable bonds is 6. The lowest BCUT2D eigenvalue weighted by Crippen LogP contribution is -2.41. The number of piperidine rings is 1. The number of hydrogen-bond acceptors (Lipinski definition) is 5. The molecule has 214 valence electrons. The first kappa shape index (κ1) is 25.4. The SMILES string of the molecule is COc1cc(C(=O)N2CC3CCC2[C@@H]3N)cc2nc(-c3cc4cccc(C5CCOCC5)c4n3CC3CC3)n(C)c12. The van der Waals surface area contributed by atoms with Gasteiger partial charge in [-0.15, -0.1) is 0 Å². The number of fused-ring (bicyclic) bond motifs is 4. The number of nitrogens with two attached hydrogens (primary N) is 1. The first-order chi connectivity index (χ1) is 20.0. The number of amides is 1. The van der Waals surface area contributed by atoms with Gasteiger partial charge in [-0.05, 0) is 80.0 Å². The maximum atomic E-state index is 13.7. The highest BCUT2D eigenvalue weighted by atomic mass is 16.5. The van der Waals surface area contributed by atoms with Gasteiger partial charge in [-0.1, -0.05) is 18.2 Å². The number of imidazole rings is 1. The molecule has 2 saturated carbocycles. The van der Waals surface area contributed by atoms with Crippen LogP contribution >= 0.6 is 0 Å². The molecule has 0 radical (unpaired) electrons. The van der Waals surface area contributed by atoms with Gasteiger partial charge in [0.2, 0.25) is 0 Å². The summed E-state index contributed by atoms with van der Waals surface area (Å²) in [4.78, 5) is 20.9. The molecule has 8 heteroatoms. The fourth-order valence-electron chi connectivity index (χ4n) is 7.89. The molecule has 1 amide bonds. The second-order valence-corrected chi connectivity index (χ2v) is 12.7. The Bertz CT molecular complexity index is 1660. The molecular formula is C33H39N5O3. The van der Waals surface area contributed by atoms with E-state index in [4.69, 9.17) is 20.2 Å². The molecule has 2 N–H and O–H groups in total. The molecule has 4 aromatic rings. The highest BCUT2D eigenvalue weighted by Gasteiger charge is 2.47. The number of nitrogens with zero attached hydrogens (tertiary/aromatic N) is 4. The van der Waals surface area contributed by atoms with E-state index >= 15 is 0 Å². The quantitative estimate of drug-likeness (QED) is 0.360. The molecular weight excluding hydrogens is 514 g/mol. The number of methoxy groups -OCH3 is 1. The van der Waals surface area contributed by atoms with Crippen molar-refractivity contribution >= 4 is 27.8 Å². The Balaban J connectivity index is 1.25. The van der Waals surface area contributed by atoms with Crippen molar-refractivity contribution in [3.8, 4) is 17.3 Å². The Kier molecular flexibility index (Phi) is 5.94. The van der Waals surface area contributed by atoms with Crippen molar-refractivity contribution in [1.29, 1.82) is 0 Å². The van der Waals surface area contributed by atoms with Gasteiger partial charge in [-0.3, -0.25) is 4.79 Å². The Morgan fingerprint density at radius 2 is 1.90 bits per heavy atom. The summed E-state index contributed by atoms with van der Waals surface area (Å²) in [5.41, 5.74) is 12.6. The summed E-state index contributed by atoms with van der Waals surface area (Å²) in [5, 5.41) is 1.26. The van der Waals surface area contributed by atoms with Crippen LogP contribution in [0.15, 0.2) is 36.4 Å². The summed E-state index contributed by atoms with van der Waals surface area (Å²) in [6, 6.07) is 13.1. The van der Waals surface area contributed by atoms with Crippen molar-refractivity contribution in [1.82, 2.24) is 19.0 Å². The molecule has 4 heterocycles. The smallest absolute Gasteiger partial charge is 0.254 e. The number of ether oxygens (including phenoxy) is 2. The predicted octanol–water partition coefficient (Wildman–Crippen LogP) is 5.07. The number of likely N-dealkylation sites (tertiary alicyclic amines) is 1. The molecule has 2 aromatic carbocycles. The summed E-state index contributed by atoms with van der Waals surface area (Å²) >= 11 is 0. The number of benzene rings is 2. The zero-order valence-corrected chi connectivity index (χ0v) is 24.0. The number of hydrogen-bond donors (Lipinski definition) is 1. The maximum absolute atomic E-state index is 13.7. The Morgan fingerprint density at radius 3 is 2.61 bits per heavy atom. The van der Waals surface area contributed by atoms with E-state index in [9.17, 15) is 4.79 Å². The lowest BCUT2D eigenvalue weighted by molar-refractivity contribution is 0.0700. The third-order valence-electron chi connectivity index (χ3n) is 10.3. The summed E-state index contributed by atoms with van der Waals surface area (Å²) < 4.78 is 16.2. The van der Waals surface area contributed by atoms with E-state index in [0.29, 0.717) is 29.1 Å². The van der Waals surface area contributed by atoms with Crippen molar-refractivity contribution in [2.45, 2.75) is 63.1 Å². The Morgan fingerprint density at radius 1 is 1.07 bits per heavy atom. The highest BCUT2D eigenvalue weighted by Crippen LogP contribution is 2.42. The molecule has 4 fully saturated rings. The van der Waals surface area contributed by atoms with Gasteiger partial charge in [0.15, 0.2) is 5.82 Å². The Labute approximate surface area is 240 Å². The lowest BCUT2D eigenvalue weighted by Gasteiger charge is -2.27. The minimum absolute atomic E-state index is 0.0315. The molecule has 2 aromatic heterocycles. The zero-order chi connectivity index (χ0) is 27.8. The highest BCUT2D eigenvalue weighted by molar-refractivity contribution is 6.00. The molecule has 2 unspecified atom stereocenters. The molecule has 4 aliphatic rings. The van der Waals surface area contributed by atoms with E-state index in [1.165, 1.54) is 29.3 Å². The molecule has 8 rings (SSSR count). The summed E-state index contributed by atoms with van der Waals surface area (Å²) in [7, 11) is 3.74. The van der Waals surface area contributed by atoms with Crippen molar-refractivity contribution in [2.75, 3.05) is 26.9 Å². The van der Waals surface area contributed by atoms with Crippen LogP contribution in [0.2, 0.25) is 0 Å². The van der Waals surface area contributed by atoms with Crippen LogP contribution < -0.4 is 10.5 Å². The number of carbonyl (C=O) groups excluding carboxylic acids is 1. The molecule has 2 bridgehead atoms. The van der Waals surface area contributed by atoms with Gasteiger partial charge in [0.25, 0.3) is 5.91 Å². The van der Waals surface area contributed by atoms with Gasteiger partial charge in [-0.25, -0.2) is 4.98 Å². The average Bonchev–Trinajstić information content (AvgIpc) is 3.39. The monoisotopic (exact) mass is 553 g/mol. The van der Waals surface area contributed by atoms with Crippen LogP contribution in [0, 0.1) is 11.8 Å². The van der Waals surface area contributed by atoms with Crippen LogP contribution in [0.3, 0.4) is 0 Å². The fourth-order valence-corrected chi connectivity index (χ4v) is 7.89. The van der Waals surface area contributed by atoms with Crippen molar-refractivity contribution in [2.24, 2.45) is 24.6 Å². The molecule has 41 heavy (non-hydrogen) atoms. The third kappa shape index (κ3) is 4.02. The second-order valence-electron chi connectivity index (χ2n) is 12.7. The van der Waals surface area contributed by atoms with Crippen LogP contribution in [0.5, 0.6) is 5.75 Å². The van der Waals surface area contributed by atoms with E-state index in [1.807, 2.05) is 17.0 Å². The molecule has 2 aliphatic carbocycles. The van der Waals surface area contributed by atoms with Crippen LogP contribution in [0.1, 0.15) is 60.4 Å². The largest absolute Gasteiger partial charge is 0.494 e. The third-order valence-corrected chi connectivity index (χ3v) is 10.3. The topological polar surface area (TPSA) is 87.5 Å². The zero-order valence-electron chi connectivity index (χ0n) is 24.0. The van der Waals surface area contributed by atoms with Crippen molar-refractivity contribution < 1.29 is 14.3 Å². The van der Waals surface area contributed by atoms with E-state index in [-0.39, 0.29) is 18.0 Å². The van der Waals surface area contributed by atoms with E-state index in [1.54, 1.807) is 7.11 Å². The number of para-hydroxylation sites is 1. The van der Waals surface area contributed by atoms with E-state index in [0.717, 1.165) is 74.5 Å². The van der Waals surface area contributed by atoms with Gasteiger partial charge in [0.1, 0.15) is 11.3 Å². The second kappa shape index (κ2) is 9.60. The summed E-state index contributed by atoms with van der Waals surface area (Å²) in [6.07, 6.45) is 6.79. The average molecular weight is 554 g/mol. The van der Waals surface area contributed by atoms with Gasteiger partial charge in [-0.2, -0.15) is 0 Å². The molecule has 2 saturated heterocycles. The van der Waals surface area contributed by atoms with Crippen molar-refractivity contribution in [3.05, 3.63) is 47.5 Å². The molecule has 2 aliphatic heterocycles. The lowest BCUT2D eigenvalue weighted by atomic mass is 9.90. The first-order valence-corrected chi connectivity index (χ1v) is 15.3. The Hall–Kier alpha value is -3.36. The van der Waals surface area contributed by atoms with Gasteiger partial charge < -0.3 is 29.2 Å². The van der Waals surface area contributed by atoms with E-state index < -0.39 is 0 Å². The summed E-state index contributed by atoms with van der Waals surface area (Å²) in [6.45, 7) is 3.40. The maximum Gasteiger partial charge on any atom is 0.254 e. The van der Waals surface area contributed by atoms with Crippen LogP contribution in [0.4, 0.5) is 0 Å². The molecule has 8 nitrogen and oxygen atoms in total. The number of carbonyl (C=O) groups is 1. The van der Waals surface area contributed by atoms with Gasteiger partial charge in [0, 0.05) is 56.4 Å². The number of aryl methyl sites for hydroxylation is 1. The van der Waals surface area contributed by atoms with Crippen LogP contribution in [-0.2, 0) is 18.3 Å². The number of aromatic nitrogens is 3. The normalized spacial score (nSPS) is 24.7. The minimum atomic E-state index is 0.0315. The van der Waals surface area contributed by atoms with E-state index in [2.05, 4.69) is 40.4 Å². The van der Waals surface area contributed by atoms with Crippen LogP contribution in [-0.4, -0.2) is 63.9 Å². The van der Waals surface area contributed by atoms with Gasteiger partial charge >= 0.3 is 0 Å². The van der Waals surface area contributed by atoms with Crippen LogP contribution in [0.25, 0.3) is 33.5 Å². The predicted molar refractivity (Wildman–Crippen MR) is 159 cm³/mol. The summed E-state index contributed by atoms with van der Waals surface area (Å²) in [5.74, 6) is 3.24. The molecule has 0 spiro atoms. The van der Waals surface area contributed by atoms with Crippen molar-refractivity contribution in [3.63, 3.8) is 0 Å². The van der Waals surface area contributed by atoms with Gasteiger partial charge in [0.05, 0.1) is 23.8 Å². The standard InChI is InChI=1S/C33H39N5O3/c1-36-31-25(14-23(16-28(31)40-2)33(39)38-18-22-8-9-26(38)29(22)34)35-32(36)27-15-21-4-3-5-24(20-10-12-41-13-11-20)30(21)37(27)17-19-6-7-19/h3-5,14-16,19-20,22,26,29H,6-13,17-18,34H2,1-2H3/t22?,26?,29-/m1/s1. The molecule has 3 atom stereocenters. The first-order valence-electron chi connectivity index (χ1n) is 15.3. The minimum Gasteiger partial charge on any atom is -0.494 e. The fraction of sp³-hybridized carbons (Fsp3) is 0.515.